The third kappa shape index (κ3) is 1.73. The smallest absolute Gasteiger partial charge is 0.341 e. The number of ether oxygens (including phenoxy) is 1. The number of anilines is 1. The summed E-state index contributed by atoms with van der Waals surface area (Å²) in [7, 11) is 1.77. The van der Waals surface area contributed by atoms with Crippen LogP contribution in [0.25, 0.3) is 10.8 Å². The number of hydrogen-bond acceptors (Lipinski definition) is 5. The summed E-state index contributed by atoms with van der Waals surface area (Å²) in [6.45, 7) is 0. The molecule has 0 saturated carbocycles. The molecule has 3 rings (SSSR count). The third-order valence-corrected chi connectivity index (χ3v) is 2.60. The standard InChI is InChI=1S/C12H11N5O/c1-17-7-15-12(16-17)18-10-3-2-8-6-14-5-4-9(8)11(10)13/h2-7H,13H2,1H3. The molecule has 6 nitrogen and oxygen atoms in total. The van der Waals surface area contributed by atoms with Crippen molar-refractivity contribution in [2.24, 2.45) is 7.05 Å². The fourth-order valence-electron chi connectivity index (χ4n) is 1.73. The number of aryl methyl sites for hydroxylation is 1. The van der Waals surface area contributed by atoms with Crippen LogP contribution in [0.5, 0.6) is 11.8 Å². The van der Waals surface area contributed by atoms with Gasteiger partial charge >= 0.3 is 6.01 Å². The van der Waals surface area contributed by atoms with Crippen LogP contribution in [0, 0.1) is 0 Å². The summed E-state index contributed by atoms with van der Waals surface area (Å²) in [4.78, 5) is 8.04. The van der Waals surface area contributed by atoms with E-state index in [9.17, 15) is 0 Å². The Bertz CT molecular complexity index is 707. The summed E-state index contributed by atoms with van der Waals surface area (Å²) in [6, 6.07) is 5.81. The molecule has 0 aliphatic carbocycles. The van der Waals surface area contributed by atoms with Gasteiger partial charge in [-0.05, 0) is 18.2 Å². The lowest BCUT2D eigenvalue weighted by Gasteiger charge is -2.07. The van der Waals surface area contributed by atoms with Crippen LogP contribution in [0.3, 0.4) is 0 Å². The average Bonchev–Trinajstić information content (AvgIpc) is 2.79. The highest BCUT2D eigenvalue weighted by atomic mass is 16.5. The highest BCUT2D eigenvalue weighted by Gasteiger charge is 2.08. The fourth-order valence-corrected chi connectivity index (χ4v) is 1.73. The van der Waals surface area contributed by atoms with Crippen molar-refractivity contribution < 1.29 is 4.74 Å². The molecule has 0 saturated heterocycles. The van der Waals surface area contributed by atoms with E-state index in [1.165, 1.54) is 0 Å². The third-order valence-electron chi connectivity index (χ3n) is 2.60. The molecule has 1 aromatic carbocycles. The molecule has 6 heteroatoms. The van der Waals surface area contributed by atoms with E-state index in [-0.39, 0.29) is 6.01 Å². The molecule has 90 valence electrons. The van der Waals surface area contributed by atoms with Crippen LogP contribution in [0.2, 0.25) is 0 Å². The van der Waals surface area contributed by atoms with Gasteiger partial charge in [0, 0.05) is 30.2 Å². The molecular formula is C12H11N5O. The lowest BCUT2D eigenvalue weighted by molar-refractivity contribution is 0.441. The molecule has 2 N–H and O–H groups in total. The van der Waals surface area contributed by atoms with E-state index >= 15 is 0 Å². The predicted molar refractivity (Wildman–Crippen MR) is 67.2 cm³/mol. The first kappa shape index (κ1) is 10.5. The maximum absolute atomic E-state index is 6.06. The van der Waals surface area contributed by atoms with Crippen molar-refractivity contribution in [3.05, 3.63) is 36.9 Å². The summed E-state index contributed by atoms with van der Waals surface area (Å²) in [5.41, 5.74) is 6.62. The summed E-state index contributed by atoms with van der Waals surface area (Å²) in [5, 5.41) is 5.91. The highest BCUT2D eigenvalue weighted by Crippen LogP contribution is 2.31. The quantitative estimate of drug-likeness (QED) is 0.691. The minimum atomic E-state index is 0.276. The van der Waals surface area contributed by atoms with Gasteiger partial charge in [-0.1, -0.05) is 0 Å². The van der Waals surface area contributed by atoms with Gasteiger partial charge in [-0.25, -0.2) is 0 Å². The topological polar surface area (TPSA) is 78.8 Å². The Hall–Kier alpha value is -2.63. The van der Waals surface area contributed by atoms with Crippen LogP contribution in [-0.4, -0.2) is 19.7 Å². The lowest BCUT2D eigenvalue weighted by Crippen LogP contribution is -1.95. The summed E-state index contributed by atoms with van der Waals surface area (Å²) in [6.07, 6.45) is 5.02. The number of nitrogens with two attached hydrogens (primary N) is 1. The number of fused-ring (bicyclic) bond motifs is 1. The van der Waals surface area contributed by atoms with Crippen LogP contribution in [0.1, 0.15) is 0 Å². The summed E-state index contributed by atoms with van der Waals surface area (Å²) >= 11 is 0. The first-order chi connectivity index (χ1) is 8.74. The van der Waals surface area contributed by atoms with Gasteiger partial charge in [-0.2, -0.15) is 4.98 Å². The molecule has 0 fully saturated rings. The Labute approximate surface area is 103 Å². The second kappa shape index (κ2) is 3.99. The number of hydrogen-bond donors (Lipinski definition) is 1. The second-order valence-corrected chi connectivity index (χ2v) is 3.88. The molecule has 0 radical (unpaired) electrons. The number of rotatable bonds is 2. The second-order valence-electron chi connectivity index (χ2n) is 3.88. The minimum Gasteiger partial charge on any atom is -0.421 e. The Morgan fingerprint density at radius 2 is 2.17 bits per heavy atom. The molecule has 2 aromatic heterocycles. The Morgan fingerprint density at radius 3 is 2.94 bits per heavy atom. The lowest BCUT2D eigenvalue weighted by atomic mass is 10.1. The van der Waals surface area contributed by atoms with E-state index in [2.05, 4.69) is 15.1 Å². The van der Waals surface area contributed by atoms with Crippen molar-refractivity contribution in [2.45, 2.75) is 0 Å². The van der Waals surface area contributed by atoms with Gasteiger partial charge in [0.1, 0.15) is 6.33 Å². The number of aromatic nitrogens is 4. The van der Waals surface area contributed by atoms with Crippen molar-refractivity contribution in [1.82, 2.24) is 19.7 Å². The van der Waals surface area contributed by atoms with E-state index in [0.29, 0.717) is 11.4 Å². The molecule has 18 heavy (non-hydrogen) atoms. The van der Waals surface area contributed by atoms with E-state index in [1.54, 1.807) is 36.5 Å². The molecule has 0 unspecified atom stereocenters. The maximum Gasteiger partial charge on any atom is 0.341 e. The molecule has 0 aliphatic rings. The zero-order valence-electron chi connectivity index (χ0n) is 9.74. The van der Waals surface area contributed by atoms with Crippen LogP contribution >= 0.6 is 0 Å². The highest BCUT2D eigenvalue weighted by molar-refractivity contribution is 5.95. The molecule has 2 heterocycles. The predicted octanol–water partition coefficient (Wildman–Crippen LogP) is 1.74. The number of nitrogen functional groups attached to an aromatic ring is 1. The van der Waals surface area contributed by atoms with Gasteiger partial charge < -0.3 is 10.5 Å². The van der Waals surface area contributed by atoms with E-state index in [4.69, 9.17) is 10.5 Å². The Morgan fingerprint density at radius 1 is 1.28 bits per heavy atom. The summed E-state index contributed by atoms with van der Waals surface area (Å²) in [5.74, 6) is 0.542. The first-order valence-electron chi connectivity index (χ1n) is 5.40. The van der Waals surface area contributed by atoms with Crippen LogP contribution in [0.4, 0.5) is 5.69 Å². The molecule has 0 amide bonds. The van der Waals surface area contributed by atoms with Gasteiger partial charge in [0.2, 0.25) is 0 Å². The van der Waals surface area contributed by atoms with E-state index in [0.717, 1.165) is 10.8 Å². The fraction of sp³-hybridized carbons (Fsp3) is 0.0833. The van der Waals surface area contributed by atoms with Gasteiger partial charge in [0.05, 0.1) is 5.69 Å². The van der Waals surface area contributed by atoms with E-state index in [1.807, 2.05) is 12.1 Å². The first-order valence-corrected chi connectivity index (χ1v) is 5.40. The van der Waals surface area contributed by atoms with Crippen LogP contribution in [-0.2, 0) is 7.05 Å². The Balaban J connectivity index is 2.04. The van der Waals surface area contributed by atoms with Gasteiger partial charge in [0.25, 0.3) is 0 Å². The summed E-state index contributed by atoms with van der Waals surface area (Å²) < 4.78 is 7.12. The van der Waals surface area contributed by atoms with Crippen molar-refractivity contribution in [3.63, 3.8) is 0 Å². The molecule has 0 bridgehead atoms. The average molecular weight is 241 g/mol. The van der Waals surface area contributed by atoms with Crippen molar-refractivity contribution >= 4 is 16.5 Å². The molecule has 0 aliphatic heterocycles. The molecule has 0 spiro atoms. The zero-order chi connectivity index (χ0) is 12.5. The normalized spacial score (nSPS) is 10.7. The minimum absolute atomic E-state index is 0.276. The van der Waals surface area contributed by atoms with Gasteiger partial charge in [0.15, 0.2) is 5.75 Å². The number of pyridine rings is 1. The van der Waals surface area contributed by atoms with Gasteiger partial charge in [-0.15, -0.1) is 5.10 Å². The van der Waals surface area contributed by atoms with Crippen molar-refractivity contribution in [2.75, 3.05) is 5.73 Å². The maximum atomic E-state index is 6.06. The molecule has 0 atom stereocenters. The molecular weight excluding hydrogens is 230 g/mol. The van der Waals surface area contributed by atoms with Crippen molar-refractivity contribution in [1.29, 1.82) is 0 Å². The molecule has 3 aromatic rings. The van der Waals surface area contributed by atoms with Crippen LogP contribution < -0.4 is 10.5 Å². The number of benzene rings is 1. The zero-order valence-corrected chi connectivity index (χ0v) is 9.74. The van der Waals surface area contributed by atoms with Gasteiger partial charge in [-0.3, -0.25) is 9.67 Å². The Kier molecular flexibility index (Phi) is 2.33. The van der Waals surface area contributed by atoms with E-state index < -0.39 is 0 Å². The monoisotopic (exact) mass is 241 g/mol. The number of nitrogens with zero attached hydrogens (tertiary/aromatic N) is 4. The SMILES string of the molecule is Cn1cnc(Oc2ccc3cnccc3c2N)n1. The van der Waals surface area contributed by atoms with Crippen molar-refractivity contribution in [3.8, 4) is 11.8 Å². The van der Waals surface area contributed by atoms with Crippen LogP contribution in [0.15, 0.2) is 36.9 Å². The largest absolute Gasteiger partial charge is 0.421 e.